The second-order valence-corrected chi connectivity index (χ2v) is 7.94. The van der Waals surface area contributed by atoms with Gasteiger partial charge in [-0.3, -0.25) is 0 Å². The van der Waals surface area contributed by atoms with Gasteiger partial charge in [-0.25, -0.2) is 18.3 Å². The molecule has 1 aliphatic heterocycles. The van der Waals surface area contributed by atoms with Crippen LogP contribution < -0.4 is 18.6 Å². The Morgan fingerprint density at radius 3 is 1.62 bits per heavy atom. The summed E-state index contributed by atoms with van der Waals surface area (Å²) < 4.78 is 31.9. The molecule has 8 nitrogen and oxygen atoms in total. The Morgan fingerprint density at radius 1 is 0.688 bits per heavy atom. The van der Waals surface area contributed by atoms with Crippen LogP contribution >= 0.6 is 0 Å². The summed E-state index contributed by atoms with van der Waals surface area (Å²) in [5.74, 6) is 1.71. The summed E-state index contributed by atoms with van der Waals surface area (Å²) in [4.78, 5) is 0. The number of hydrogen-bond donors (Lipinski definition) is 0. The van der Waals surface area contributed by atoms with Crippen LogP contribution in [0.25, 0.3) is 22.1 Å². The fourth-order valence-electron chi connectivity index (χ4n) is 4.36. The summed E-state index contributed by atoms with van der Waals surface area (Å²) in [5.41, 5.74) is 4.62. The van der Waals surface area contributed by atoms with Crippen molar-refractivity contribution in [1.29, 1.82) is 0 Å². The number of benzene rings is 2. The lowest BCUT2D eigenvalue weighted by atomic mass is 10.3. The molecule has 0 spiro atoms. The molecule has 0 atom stereocenters. The molecule has 3 heterocycles. The van der Waals surface area contributed by atoms with Crippen LogP contribution in [0.2, 0.25) is 0 Å². The summed E-state index contributed by atoms with van der Waals surface area (Å²) in [6.45, 7) is 5.72. The molecule has 2 aromatic heterocycles. The number of imidazole rings is 2. The molecule has 32 heavy (non-hydrogen) atoms. The summed E-state index contributed by atoms with van der Waals surface area (Å²) in [7, 11) is 3.40. The number of fused-ring (bicyclic) bond motifs is 10. The topological polar surface area (TPSA) is 54.5 Å². The lowest BCUT2D eigenvalue weighted by Gasteiger charge is -2.03. The van der Waals surface area contributed by atoms with Crippen molar-refractivity contribution in [3.63, 3.8) is 0 Å². The zero-order chi connectivity index (χ0) is 21.9. The molecule has 0 saturated heterocycles. The van der Waals surface area contributed by atoms with Gasteiger partial charge in [-0.15, -0.1) is 0 Å². The smallest absolute Gasteiger partial charge is 0.244 e. The van der Waals surface area contributed by atoms with Gasteiger partial charge in [-0.2, -0.15) is 0 Å². The van der Waals surface area contributed by atoms with Crippen LogP contribution in [0.1, 0.15) is 0 Å². The second kappa shape index (κ2) is 9.18. The monoisotopic (exact) mass is 438 g/mol. The highest BCUT2D eigenvalue weighted by molar-refractivity contribution is 5.74. The molecule has 0 unspecified atom stereocenters. The third-order valence-electron chi connectivity index (χ3n) is 6.07. The Morgan fingerprint density at radius 2 is 1.16 bits per heavy atom. The number of ether oxygens (including phenoxy) is 4. The minimum absolute atomic E-state index is 0.639. The minimum Gasteiger partial charge on any atom is -0.497 e. The Bertz CT molecular complexity index is 1140. The molecule has 1 aliphatic rings. The number of hydrogen-bond acceptors (Lipinski definition) is 4. The number of rotatable bonds is 2. The average molecular weight is 439 g/mol. The van der Waals surface area contributed by atoms with E-state index in [9.17, 15) is 0 Å². The van der Waals surface area contributed by atoms with E-state index in [2.05, 4.69) is 55.2 Å². The Kier molecular flexibility index (Phi) is 5.96. The molecule has 168 valence electrons. The molecule has 0 N–H and O–H groups in total. The van der Waals surface area contributed by atoms with Gasteiger partial charge in [0.25, 0.3) is 0 Å². The quantitative estimate of drug-likeness (QED) is 0.449. The zero-order valence-corrected chi connectivity index (χ0v) is 18.7. The maximum absolute atomic E-state index is 6.03. The Hall–Kier alpha value is -3.10. The molecule has 0 saturated carbocycles. The molecular formula is C24H30N4O4+2. The van der Waals surface area contributed by atoms with E-state index >= 15 is 0 Å². The lowest BCUT2D eigenvalue weighted by Crippen LogP contribution is -2.37. The van der Waals surface area contributed by atoms with Crippen LogP contribution in [-0.4, -0.2) is 49.8 Å². The first kappa shape index (κ1) is 20.8. The zero-order valence-electron chi connectivity index (χ0n) is 18.7. The highest BCUT2D eigenvalue weighted by Crippen LogP contribution is 2.20. The Balaban J connectivity index is 1.40. The fraction of sp³-hybridized carbons (Fsp3) is 0.417. The maximum atomic E-state index is 6.03. The van der Waals surface area contributed by atoms with Gasteiger partial charge in [-0.1, -0.05) is 0 Å². The average Bonchev–Trinajstić information content (AvgIpc) is 3.35. The van der Waals surface area contributed by atoms with Crippen molar-refractivity contribution >= 4 is 22.1 Å². The van der Waals surface area contributed by atoms with Crippen molar-refractivity contribution in [3.05, 3.63) is 49.1 Å². The van der Waals surface area contributed by atoms with Crippen molar-refractivity contribution in [1.82, 2.24) is 9.13 Å². The summed E-state index contributed by atoms with van der Waals surface area (Å²) >= 11 is 0. The second-order valence-electron chi connectivity index (χ2n) is 7.94. The van der Waals surface area contributed by atoms with Gasteiger partial charge in [0.05, 0.1) is 40.6 Å². The normalized spacial score (nSPS) is 15.8. The maximum Gasteiger partial charge on any atom is 0.244 e. The van der Waals surface area contributed by atoms with Crippen LogP contribution in [0.3, 0.4) is 0 Å². The molecule has 0 aliphatic carbocycles. The van der Waals surface area contributed by atoms with E-state index < -0.39 is 0 Å². The van der Waals surface area contributed by atoms with E-state index in [1.807, 2.05) is 12.1 Å². The lowest BCUT2D eigenvalue weighted by molar-refractivity contribution is -0.681. The van der Waals surface area contributed by atoms with E-state index in [1.165, 1.54) is 11.0 Å². The highest BCUT2D eigenvalue weighted by atomic mass is 16.5. The van der Waals surface area contributed by atoms with Crippen molar-refractivity contribution in [3.8, 4) is 11.5 Å². The van der Waals surface area contributed by atoms with E-state index in [0.717, 1.165) is 48.7 Å². The molecule has 0 amide bonds. The van der Waals surface area contributed by atoms with Crippen molar-refractivity contribution in [2.75, 3.05) is 40.6 Å². The van der Waals surface area contributed by atoms with Gasteiger partial charge in [0.1, 0.15) is 37.7 Å². The van der Waals surface area contributed by atoms with Crippen LogP contribution in [0.4, 0.5) is 0 Å². The van der Waals surface area contributed by atoms with Gasteiger partial charge in [0.15, 0.2) is 22.1 Å². The van der Waals surface area contributed by atoms with Crippen LogP contribution in [0.5, 0.6) is 11.5 Å². The molecule has 2 aromatic carbocycles. The number of methoxy groups -OCH3 is 2. The molecule has 0 fully saturated rings. The van der Waals surface area contributed by atoms with Gasteiger partial charge in [-0.05, 0) is 24.3 Å². The first-order valence-electron chi connectivity index (χ1n) is 11.0. The van der Waals surface area contributed by atoms with E-state index in [0.29, 0.717) is 26.4 Å². The van der Waals surface area contributed by atoms with Crippen LogP contribution in [0, 0.1) is 0 Å². The summed E-state index contributed by atoms with van der Waals surface area (Å²) in [5, 5.41) is 0. The van der Waals surface area contributed by atoms with Gasteiger partial charge < -0.3 is 18.9 Å². The predicted octanol–water partition coefficient (Wildman–Crippen LogP) is 1.94. The summed E-state index contributed by atoms with van der Waals surface area (Å²) in [6.07, 6.45) is 4.30. The third-order valence-corrected chi connectivity index (χ3v) is 6.07. The molecule has 5 rings (SSSR count). The Labute approximate surface area is 187 Å². The first-order chi connectivity index (χ1) is 15.8. The van der Waals surface area contributed by atoms with Crippen molar-refractivity contribution in [2.45, 2.75) is 26.2 Å². The first-order valence-corrected chi connectivity index (χ1v) is 11.0. The SMILES string of the molecule is COc1ccc2c(c1)n1c[n+]2CCOCC[n+]2cn(c3cc(OC)ccc32)CCOCC1. The highest BCUT2D eigenvalue weighted by Gasteiger charge is 2.19. The molecule has 0 radical (unpaired) electrons. The number of nitrogens with zero attached hydrogens (tertiary/aromatic N) is 4. The number of aromatic nitrogens is 4. The van der Waals surface area contributed by atoms with E-state index in [4.69, 9.17) is 18.9 Å². The van der Waals surface area contributed by atoms with Gasteiger partial charge >= 0.3 is 0 Å². The summed E-state index contributed by atoms with van der Waals surface area (Å²) in [6, 6.07) is 12.4. The van der Waals surface area contributed by atoms with Gasteiger partial charge in [0, 0.05) is 12.1 Å². The van der Waals surface area contributed by atoms with Crippen LogP contribution in [0.15, 0.2) is 49.1 Å². The third kappa shape index (κ3) is 4.03. The van der Waals surface area contributed by atoms with Crippen LogP contribution in [-0.2, 0) is 35.7 Å². The molecular weight excluding hydrogens is 408 g/mol. The van der Waals surface area contributed by atoms with Crippen molar-refractivity contribution in [2.24, 2.45) is 0 Å². The van der Waals surface area contributed by atoms with E-state index in [-0.39, 0.29) is 0 Å². The van der Waals surface area contributed by atoms with Crippen molar-refractivity contribution < 1.29 is 28.1 Å². The molecule has 4 aromatic rings. The van der Waals surface area contributed by atoms with E-state index in [1.54, 1.807) is 14.2 Å². The standard InChI is InChI=1S/C24H30N4O4/c1-29-19-3-5-21-23(15-19)27-9-13-32-14-10-28-18-26(8-12-31-11-7-25(21)17-27)22-6-4-20(30-2)16-24(22)28/h3-6,15-18H,7-14H2,1-2H3/q+2. The van der Waals surface area contributed by atoms with Gasteiger partial charge in [0.2, 0.25) is 12.7 Å². The largest absolute Gasteiger partial charge is 0.497 e. The molecule has 4 bridgehead atoms. The molecule has 8 heteroatoms. The fourth-order valence-corrected chi connectivity index (χ4v) is 4.36. The minimum atomic E-state index is 0.639. The predicted molar refractivity (Wildman–Crippen MR) is 119 cm³/mol.